The highest BCUT2D eigenvalue weighted by molar-refractivity contribution is 5.69. The number of methoxy groups -OCH3 is 1. The van der Waals surface area contributed by atoms with E-state index >= 15 is 0 Å². The third kappa shape index (κ3) is 5.00. The van der Waals surface area contributed by atoms with Crippen molar-refractivity contribution in [1.29, 1.82) is 0 Å². The average molecular weight is 283 g/mol. The van der Waals surface area contributed by atoms with Crippen LogP contribution in [0, 0.1) is 0 Å². The minimum Gasteiger partial charge on any atom is -0.466 e. The Hall–Kier alpha value is -1.89. The largest absolute Gasteiger partial charge is 0.466 e. The van der Waals surface area contributed by atoms with Crippen LogP contribution in [0.4, 0.5) is 5.69 Å². The molecule has 0 radical (unpaired) electrons. The molecule has 1 aromatic heterocycles. The van der Waals surface area contributed by atoms with Gasteiger partial charge in [-0.2, -0.15) is 5.10 Å². The molecule has 0 saturated heterocycles. The molecule has 7 nitrogen and oxygen atoms in total. The molecule has 0 aliphatic rings. The Morgan fingerprint density at radius 1 is 1.50 bits per heavy atom. The summed E-state index contributed by atoms with van der Waals surface area (Å²) >= 11 is 0. The summed E-state index contributed by atoms with van der Waals surface area (Å²) in [5.74, 6) is -0.331. The maximum Gasteiger partial charge on any atom is 0.307 e. The van der Waals surface area contributed by atoms with Gasteiger partial charge in [0.25, 0.3) is 5.56 Å². The summed E-state index contributed by atoms with van der Waals surface area (Å²) in [6, 6.07) is 1.49. The van der Waals surface area contributed by atoms with Crippen molar-refractivity contribution in [3.05, 3.63) is 22.6 Å². The van der Waals surface area contributed by atoms with Crippen LogP contribution >= 0.6 is 0 Å². The van der Waals surface area contributed by atoms with Gasteiger partial charge in [-0.25, -0.2) is 4.68 Å². The molecule has 0 bridgehead atoms. The number of aryl methyl sites for hydroxylation is 1. The van der Waals surface area contributed by atoms with Gasteiger partial charge in [0.05, 0.1) is 38.1 Å². The number of ether oxygens (including phenoxy) is 2. The van der Waals surface area contributed by atoms with E-state index in [1.165, 1.54) is 10.7 Å². The van der Waals surface area contributed by atoms with E-state index in [9.17, 15) is 9.59 Å². The Kier molecular flexibility index (Phi) is 6.72. The van der Waals surface area contributed by atoms with Crippen molar-refractivity contribution in [1.82, 2.24) is 9.78 Å². The molecule has 112 valence electrons. The molecule has 0 aliphatic carbocycles. The van der Waals surface area contributed by atoms with Crippen LogP contribution in [0.5, 0.6) is 0 Å². The van der Waals surface area contributed by atoms with E-state index in [0.29, 0.717) is 19.8 Å². The van der Waals surface area contributed by atoms with Crippen molar-refractivity contribution < 1.29 is 14.3 Å². The summed E-state index contributed by atoms with van der Waals surface area (Å²) in [5, 5.41) is 4.05. The standard InChI is InChI=1S/C13H21N3O4/c1-4-20-13(18)5-6-16-12(17)9-11(10-14-16)15(2)7-8-19-3/h9-10H,4-8H2,1-3H3. The fourth-order valence-corrected chi connectivity index (χ4v) is 1.59. The maximum absolute atomic E-state index is 11.9. The maximum atomic E-state index is 11.9. The molecule has 0 saturated carbocycles. The number of rotatable bonds is 8. The van der Waals surface area contributed by atoms with Crippen LogP contribution in [-0.2, 0) is 20.8 Å². The number of carbonyl (C=O) groups is 1. The van der Waals surface area contributed by atoms with Crippen molar-refractivity contribution >= 4 is 11.7 Å². The lowest BCUT2D eigenvalue weighted by Crippen LogP contribution is -2.28. The van der Waals surface area contributed by atoms with Gasteiger partial charge in [0.1, 0.15) is 0 Å². The monoisotopic (exact) mass is 283 g/mol. The van der Waals surface area contributed by atoms with Crippen molar-refractivity contribution in [3.63, 3.8) is 0 Å². The number of hydrogen-bond donors (Lipinski definition) is 0. The lowest BCUT2D eigenvalue weighted by molar-refractivity contribution is -0.143. The topological polar surface area (TPSA) is 73.7 Å². The van der Waals surface area contributed by atoms with Gasteiger partial charge in [-0.05, 0) is 6.92 Å². The lowest BCUT2D eigenvalue weighted by Gasteiger charge is -2.18. The Balaban J connectivity index is 2.64. The molecule has 0 unspecified atom stereocenters. The van der Waals surface area contributed by atoms with Gasteiger partial charge < -0.3 is 14.4 Å². The molecule has 0 amide bonds. The fourth-order valence-electron chi connectivity index (χ4n) is 1.59. The molecular weight excluding hydrogens is 262 g/mol. The number of nitrogens with zero attached hydrogens (tertiary/aromatic N) is 3. The number of carbonyl (C=O) groups excluding carboxylic acids is 1. The van der Waals surface area contributed by atoms with Crippen LogP contribution < -0.4 is 10.5 Å². The molecule has 1 rings (SSSR count). The molecule has 0 spiro atoms. The van der Waals surface area contributed by atoms with Crippen LogP contribution in [0.2, 0.25) is 0 Å². The van der Waals surface area contributed by atoms with E-state index < -0.39 is 0 Å². The first-order valence-corrected chi connectivity index (χ1v) is 6.51. The van der Waals surface area contributed by atoms with Gasteiger partial charge in [0.15, 0.2) is 0 Å². The van der Waals surface area contributed by atoms with Crippen LogP contribution in [0.25, 0.3) is 0 Å². The molecule has 7 heteroatoms. The molecule has 0 atom stereocenters. The number of likely N-dealkylation sites (N-methyl/N-ethyl adjacent to an activating group) is 1. The SMILES string of the molecule is CCOC(=O)CCn1ncc(N(C)CCOC)cc1=O. The van der Waals surface area contributed by atoms with Crippen molar-refractivity contribution in [2.24, 2.45) is 0 Å². The molecule has 0 N–H and O–H groups in total. The zero-order valence-electron chi connectivity index (χ0n) is 12.2. The lowest BCUT2D eigenvalue weighted by atomic mass is 10.4. The predicted molar refractivity (Wildman–Crippen MR) is 74.9 cm³/mol. The van der Waals surface area contributed by atoms with E-state index in [2.05, 4.69) is 5.10 Å². The number of hydrogen-bond acceptors (Lipinski definition) is 6. The second-order valence-electron chi connectivity index (χ2n) is 4.24. The Morgan fingerprint density at radius 3 is 2.85 bits per heavy atom. The highest BCUT2D eigenvalue weighted by Gasteiger charge is 2.07. The first-order valence-electron chi connectivity index (χ1n) is 6.51. The molecule has 0 fully saturated rings. The fraction of sp³-hybridized carbons (Fsp3) is 0.615. The van der Waals surface area contributed by atoms with Gasteiger partial charge in [-0.3, -0.25) is 9.59 Å². The van der Waals surface area contributed by atoms with Gasteiger partial charge in [0.2, 0.25) is 0 Å². The van der Waals surface area contributed by atoms with Gasteiger partial charge >= 0.3 is 5.97 Å². The van der Waals surface area contributed by atoms with Crippen LogP contribution in [0.3, 0.4) is 0 Å². The Labute approximate surface area is 118 Å². The summed E-state index contributed by atoms with van der Waals surface area (Å²) in [6.07, 6.45) is 1.74. The summed E-state index contributed by atoms with van der Waals surface area (Å²) < 4.78 is 11.0. The summed E-state index contributed by atoms with van der Waals surface area (Å²) in [4.78, 5) is 25.0. The highest BCUT2D eigenvalue weighted by Crippen LogP contribution is 2.06. The number of aromatic nitrogens is 2. The van der Waals surface area contributed by atoms with Crippen LogP contribution in [0.15, 0.2) is 17.1 Å². The minimum atomic E-state index is -0.331. The third-order valence-electron chi connectivity index (χ3n) is 2.76. The molecule has 1 aromatic rings. The number of esters is 1. The molecule has 20 heavy (non-hydrogen) atoms. The second-order valence-corrected chi connectivity index (χ2v) is 4.24. The van der Waals surface area contributed by atoms with Gasteiger partial charge in [-0.1, -0.05) is 0 Å². The van der Waals surface area contributed by atoms with Crippen molar-refractivity contribution in [2.45, 2.75) is 19.9 Å². The van der Waals surface area contributed by atoms with E-state index in [0.717, 1.165) is 5.69 Å². The smallest absolute Gasteiger partial charge is 0.307 e. The van der Waals surface area contributed by atoms with Gasteiger partial charge in [-0.15, -0.1) is 0 Å². The summed E-state index contributed by atoms with van der Waals surface area (Å²) in [7, 11) is 3.48. The Morgan fingerprint density at radius 2 is 2.25 bits per heavy atom. The quantitative estimate of drug-likeness (QED) is 0.638. The summed E-state index contributed by atoms with van der Waals surface area (Å²) in [6.45, 7) is 3.55. The van der Waals surface area contributed by atoms with E-state index in [1.54, 1.807) is 20.2 Å². The second kappa shape index (κ2) is 8.31. The predicted octanol–water partition coefficient (Wildman–Crippen LogP) is 0.279. The molecule has 1 heterocycles. The molecule has 0 aliphatic heterocycles. The van der Waals surface area contributed by atoms with Crippen molar-refractivity contribution in [2.75, 3.05) is 38.8 Å². The first kappa shape index (κ1) is 16.2. The molecule has 0 aromatic carbocycles. The average Bonchev–Trinajstić information content (AvgIpc) is 2.43. The van der Waals surface area contributed by atoms with Gasteiger partial charge in [0, 0.05) is 26.8 Å². The minimum absolute atomic E-state index is 0.138. The zero-order chi connectivity index (χ0) is 15.0. The van der Waals surface area contributed by atoms with Crippen LogP contribution in [0.1, 0.15) is 13.3 Å². The van der Waals surface area contributed by atoms with E-state index in [-0.39, 0.29) is 24.5 Å². The van der Waals surface area contributed by atoms with Crippen LogP contribution in [-0.4, -0.2) is 49.7 Å². The van der Waals surface area contributed by atoms with E-state index in [1.807, 2.05) is 11.9 Å². The zero-order valence-corrected chi connectivity index (χ0v) is 12.2. The van der Waals surface area contributed by atoms with Crippen molar-refractivity contribution in [3.8, 4) is 0 Å². The number of anilines is 1. The van der Waals surface area contributed by atoms with E-state index in [4.69, 9.17) is 9.47 Å². The Bertz CT molecular complexity index is 487. The highest BCUT2D eigenvalue weighted by atomic mass is 16.5. The third-order valence-corrected chi connectivity index (χ3v) is 2.76. The first-order chi connectivity index (χ1) is 9.58. The molecular formula is C13H21N3O4. The summed E-state index contributed by atoms with van der Waals surface area (Å²) in [5.41, 5.74) is 0.482. The normalized spacial score (nSPS) is 10.3.